The lowest BCUT2D eigenvalue weighted by Gasteiger charge is -2.36. The first-order chi connectivity index (χ1) is 13.0. The van der Waals surface area contributed by atoms with Gasteiger partial charge in [-0.2, -0.15) is 0 Å². The number of amides is 2. The Balaban J connectivity index is 2.59. The number of carbonyl (C=O) groups is 2. The van der Waals surface area contributed by atoms with Crippen LogP contribution in [0.25, 0.3) is 0 Å². The topological polar surface area (TPSA) is 68.3 Å². The van der Waals surface area contributed by atoms with E-state index in [2.05, 4.69) is 33.9 Å². The van der Waals surface area contributed by atoms with Gasteiger partial charge in [0.1, 0.15) is 11.6 Å². The molecule has 8 heteroatoms. The van der Waals surface area contributed by atoms with Gasteiger partial charge in [0.2, 0.25) is 5.91 Å². The van der Waals surface area contributed by atoms with Crippen LogP contribution in [0.4, 0.5) is 4.79 Å². The van der Waals surface area contributed by atoms with E-state index < -0.39 is 26.1 Å². The van der Waals surface area contributed by atoms with Crippen LogP contribution in [0.3, 0.4) is 0 Å². The highest BCUT2D eigenvalue weighted by molar-refractivity contribution is 6.74. The van der Waals surface area contributed by atoms with E-state index in [0.717, 1.165) is 6.42 Å². The van der Waals surface area contributed by atoms with Crippen LogP contribution in [0, 0.1) is 0 Å². The second-order valence-electron chi connectivity index (χ2n) is 10.6. The van der Waals surface area contributed by atoms with Crippen molar-refractivity contribution in [2.75, 3.05) is 33.9 Å². The molecule has 0 spiro atoms. The van der Waals surface area contributed by atoms with E-state index in [1.165, 1.54) is 9.80 Å². The molecular formula is C21H42N2O5Si. The van der Waals surface area contributed by atoms with Gasteiger partial charge in [0, 0.05) is 33.7 Å². The molecule has 1 saturated heterocycles. The number of hydrogen-bond acceptors (Lipinski definition) is 5. The quantitative estimate of drug-likeness (QED) is 0.453. The molecule has 0 aromatic rings. The van der Waals surface area contributed by atoms with E-state index in [1.54, 1.807) is 14.1 Å². The Morgan fingerprint density at radius 1 is 1.07 bits per heavy atom. The number of carbonyl (C=O) groups excluding carboxylic acids is 2. The molecule has 2 amide bonds. The highest BCUT2D eigenvalue weighted by atomic mass is 28.4. The lowest BCUT2D eigenvalue weighted by molar-refractivity contribution is -0.133. The Labute approximate surface area is 178 Å². The molecule has 0 aliphatic carbocycles. The van der Waals surface area contributed by atoms with Gasteiger partial charge < -0.3 is 18.8 Å². The molecule has 170 valence electrons. The van der Waals surface area contributed by atoms with Gasteiger partial charge in [-0.05, 0) is 45.3 Å². The zero-order chi connectivity index (χ0) is 22.6. The van der Waals surface area contributed by atoms with E-state index in [9.17, 15) is 9.59 Å². The monoisotopic (exact) mass is 430 g/mol. The first kappa shape index (κ1) is 25.9. The van der Waals surface area contributed by atoms with Crippen LogP contribution in [0.1, 0.15) is 54.4 Å². The summed E-state index contributed by atoms with van der Waals surface area (Å²) in [7, 11) is 1.64. The van der Waals surface area contributed by atoms with E-state index in [0.29, 0.717) is 26.2 Å². The molecule has 29 heavy (non-hydrogen) atoms. The Kier molecular flexibility index (Phi) is 8.75. The lowest BCUT2D eigenvalue weighted by Crippen LogP contribution is -2.47. The minimum absolute atomic E-state index is 0.108. The summed E-state index contributed by atoms with van der Waals surface area (Å²) in [5.41, 5.74) is -0.608. The maximum Gasteiger partial charge on any atom is 0.411 e. The number of likely N-dealkylation sites (N-methyl/N-ethyl adjacent to an activating group) is 1. The normalized spacial score (nSPS) is 20.7. The van der Waals surface area contributed by atoms with E-state index in [-0.39, 0.29) is 17.0 Å². The summed E-state index contributed by atoms with van der Waals surface area (Å²) >= 11 is 0. The van der Waals surface area contributed by atoms with Gasteiger partial charge in [-0.3, -0.25) is 9.69 Å². The molecule has 0 bridgehead atoms. The van der Waals surface area contributed by atoms with Crippen molar-refractivity contribution in [1.29, 1.82) is 0 Å². The van der Waals surface area contributed by atoms with Crippen molar-refractivity contribution in [1.82, 2.24) is 9.80 Å². The van der Waals surface area contributed by atoms with Crippen molar-refractivity contribution >= 4 is 20.3 Å². The Hall–Kier alpha value is -1.12. The average Bonchev–Trinajstić information content (AvgIpc) is 2.95. The molecule has 1 aliphatic heterocycles. The van der Waals surface area contributed by atoms with E-state index >= 15 is 0 Å². The zero-order valence-corrected chi connectivity index (χ0v) is 21.1. The van der Waals surface area contributed by atoms with Crippen molar-refractivity contribution in [3.63, 3.8) is 0 Å². The summed E-state index contributed by atoms with van der Waals surface area (Å²) in [4.78, 5) is 28.2. The Morgan fingerprint density at radius 3 is 2.14 bits per heavy atom. The first-order valence-corrected chi connectivity index (χ1v) is 13.4. The lowest BCUT2D eigenvalue weighted by atomic mass is 10.1. The van der Waals surface area contributed by atoms with Gasteiger partial charge in [-0.1, -0.05) is 20.8 Å². The predicted molar refractivity (Wildman–Crippen MR) is 118 cm³/mol. The molecule has 0 saturated carbocycles. The molecule has 1 aliphatic rings. The van der Waals surface area contributed by atoms with Gasteiger partial charge in [-0.15, -0.1) is 0 Å². The molecule has 0 radical (unpaired) electrons. The predicted octanol–water partition coefficient (Wildman–Crippen LogP) is 3.88. The molecule has 1 fully saturated rings. The third kappa shape index (κ3) is 7.90. The zero-order valence-electron chi connectivity index (χ0n) is 20.1. The number of nitrogens with zero attached hydrogens (tertiary/aromatic N) is 2. The standard InChI is InChI=1S/C21H42N2O5Si/c1-20(2,3)28-19(25)23-15-16(14-17(23)18(24)22(7)8)26-12-11-13-27-29(9,10)21(4,5)6/h16-17H,11-15H2,1-10H3/t16-,17+/m1/s1. The maximum atomic E-state index is 12.6. The van der Waals surface area contributed by atoms with Crippen molar-refractivity contribution in [2.24, 2.45) is 0 Å². The third-order valence-corrected chi connectivity index (χ3v) is 10.1. The largest absolute Gasteiger partial charge is 0.444 e. The van der Waals surface area contributed by atoms with Crippen LogP contribution in [0.2, 0.25) is 18.1 Å². The SMILES string of the molecule is CN(C)C(=O)[C@@H]1C[C@@H](OCCCO[Si](C)(C)C(C)(C)C)CN1C(=O)OC(C)(C)C. The summed E-state index contributed by atoms with van der Waals surface area (Å²) in [6.45, 7) is 18.2. The van der Waals surface area contributed by atoms with Gasteiger partial charge >= 0.3 is 6.09 Å². The van der Waals surface area contributed by atoms with Crippen molar-refractivity contribution < 1.29 is 23.5 Å². The van der Waals surface area contributed by atoms with Gasteiger partial charge in [0.05, 0.1) is 12.6 Å². The summed E-state index contributed by atoms with van der Waals surface area (Å²) in [6, 6.07) is -0.548. The average molecular weight is 431 g/mol. The van der Waals surface area contributed by atoms with Crippen LogP contribution >= 0.6 is 0 Å². The molecule has 1 rings (SSSR count). The van der Waals surface area contributed by atoms with Crippen molar-refractivity contribution in [3.05, 3.63) is 0 Å². The third-order valence-electron chi connectivity index (χ3n) is 5.53. The smallest absolute Gasteiger partial charge is 0.411 e. The fourth-order valence-corrected chi connectivity index (χ4v) is 3.91. The maximum absolute atomic E-state index is 12.6. The molecule has 0 aromatic carbocycles. The number of likely N-dealkylation sites (tertiary alicyclic amines) is 1. The summed E-state index contributed by atoms with van der Waals surface area (Å²) in [6.07, 6.45) is 0.635. The van der Waals surface area contributed by atoms with Crippen LogP contribution in [0.5, 0.6) is 0 Å². The summed E-state index contributed by atoms with van der Waals surface area (Å²) < 4.78 is 17.7. The van der Waals surface area contributed by atoms with Gasteiger partial charge in [0.15, 0.2) is 8.32 Å². The molecule has 0 aromatic heterocycles. The summed E-state index contributed by atoms with van der Waals surface area (Å²) in [5.74, 6) is -0.108. The molecule has 0 unspecified atom stereocenters. The van der Waals surface area contributed by atoms with Crippen LogP contribution in [-0.2, 0) is 18.7 Å². The Morgan fingerprint density at radius 2 is 1.66 bits per heavy atom. The second kappa shape index (κ2) is 9.79. The Bertz CT molecular complexity index is 566. The molecular weight excluding hydrogens is 388 g/mol. The van der Waals surface area contributed by atoms with Crippen LogP contribution in [-0.4, -0.2) is 81.7 Å². The minimum Gasteiger partial charge on any atom is -0.444 e. The van der Waals surface area contributed by atoms with Crippen LogP contribution < -0.4 is 0 Å². The fraction of sp³-hybridized carbons (Fsp3) is 0.905. The summed E-state index contributed by atoms with van der Waals surface area (Å²) in [5, 5.41) is 0.187. The minimum atomic E-state index is -1.75. The molecule has 2 atom stereocenters. The second-order valence-corrected chi connectivity index (χ2v) is 15.4. The number of rotatable bonds is 7. The number of ether oxygens (including phenoxy) is 2. The van der Waals surface area contributed by atoms with Crippen LogP contribution in [0.15, 0.2) is 0 Å². The van der Waals surface area contributed by atoms with Crippen molar-refractivity contribution in [3.8, 4) is 0 Å². The van der Waals surface area contributed by atoms with Gasteiger partial charge in [0.25, 0.3) is 0 Å². The fourth-order valence-electron chi connectivity index (χ4n) is 2.83. The molecule has 7 nitrogen and oxygen atoms in total. The number of hydrogen-bond donors (Lipinski definition) is 0. The van der Waals surface area contributed by atoms with Crippen molar-refractivity contribution in [2.45, 2.75) is 90.3 Å². The molecule has 1 heterocycles. The molecule has 0 N–H and O–H groups in total. The highest BCUT2D eigenvalue weighted by Crippen LogP contribution is 2.36. The van der Waals surface area contributed by atoms with E-state index in [1.807, 2.05) is 20.8 Å². The van der Waals surface area contributed by atoms with Gasteiger partial charge in [-0.25, -0.2) is 4.79 Å². The first-order valence-electron chi connectivity index (χ1n) is 10.5. The van der Waals surface area contributed by atoms with E-state index in [4.69, 9.17) is 13.9 Å². The highest BCUT2D eigenvalue weighted by Gasteiger charge is 2.42.